The topological polar surface area (TPSA) is 33.8 Å². The van der Waals surface area contributed by atoms with E-state index in [4.69, 9.17) is 9.47 Å². The summed E-state index contributed by atoms with van der Waals surface area (Å²) < 4.78 is 13.5. The van der Waals surface area contributed by atoms with Gasteiger partial charge < -0.3 is 9.47 Å². The fourth-order valence-corrected chi connectivity index (χ4v) is 2.88. The van der Waals surface area contributed by atoms with Gasteiger partial charge in [0.25, 0.3) is 5.71 Å². The minimum Gasteiger partial charge on any atom is -0.340 e. The molecule has 0 saturated heterocycles. The zero-order valence-electron chi connectivity index (χ0n) is 13.0. The summed E-state index contributed by atoms with van der Waals surface area (Å²) in [4.78, 5) is 0. The number of nitrogens with zero attached hydrogens (tertiary/aromatic N) is 2. The maximum absolute atomic E-state index is 5.82. The lowest BCUT2D eigenvalue weighted by Crippen LogP contribution is -2.49. The predicted octanol–water partition coefficient (Wildman–Crippen LogP) is 2.53. The lowest BCUT2D eigenvalue weighted by Gasteiger charge is -2.25. The van der Waals surface area contributed by atoms with Crippen LogP contribution in [0.1, 0.15) is 11.1 Å². The number of rotatable bonds is 4. The van der Waals surface area contributed by atoms with E-state index in [0.29, 0.717) is 0 Å². The Morgan fingerprint density at radius 2 is 1.32 bits per heavy atom. The van der Waals surface area contributed by atoms with Crippen molar-refractivity contribution in [1.82, 2.24) is 0 Å². The van der Waals surface area contributed by atoms with Crippen LogP contribution in [0.3, 0.4) is 0 Å². The van der Waals surface area contributed by atoms with Crippen LogP contribution in [0.5, 0.6) is 0 Å². The van der Waals surface area contributed by atoms with E-state index in [0.717, 1.165) is 22.6 Å². The molecule has 0 amide bonds. The summed E-state index contributed by atoms with van der Waals surface area (Å²) in [5.74, 6) is -1.02. The summed E-state index contributed by atoms with van der Waals surface area (Å²) in [5.41, 5.74) is 3.61. The van der Waals surface area contributed by atoms with Crippen LogP contribution in [0.25, 0.3) is 0 Å². The molecule has 1 aliphatic rings. The van der Waals surface area contributed by atoms with Crippen molar-refractivity contribution in [2.45, 2.75) is 5.79 Å². The molecule has 0 spiro atoms. The Labute approximate surface area is 130 Å². The highest BCUT2D eigenvalue weighted by atomic mass is 16.7. The number of hydrazone groups is 1. The quantitative estimate of drug-likeness (QED) is 0.641. The van der Waals surface area contributed by atoms with Crippen molar-refractivity contribution >= 4 is 11.4 Å². The molecule has 2 aromatic rings. The second-order valence-electron chi connectivity index (χ2n) is 5.08. The first-order chi connectivity index (χ1) is 10.7. The van der Waals surface area contributed by atoms with Gasteiger partial charge in [-0.2, -0.15) is 0 Å². The lowest BCUT2D eigenvalue weighted by molar-refractivity contribution is -0.501. The molecular formula is C18H19N2O2+. The summed E-state index contributed by atoms with van der Waals surface area (Å²) >= 11 is 0. The largest absolute Gasteiger partial charge is 0.340 e. The Bertz CT molecular complexity index is 717. The highest BCUT2D eigenvalue weighted by Crippen LogP contribution is 2.29. The van der Waals surface area contributed by atoms with Crippen molar-refractivity contribution < 1.29 is 14.2 Å². The van der Waals surface area contributed by atoms with Crippen molar-refractivity contribution in [2.24, 2.45) is 5.10 Å². The Balaban J connectivity index is 2.16. The minimum absolute atomic E-state index is 0.749. The van der Waals surface area contributed by atoms with Crippen molar-refractivity contribution in [1.29, 1.82) is 0 Å². The molecule has 0 radical (unpaired) electrons. The van der Waals surface area contributed by atoms with E-state index in [1.54, 1.807) is 14.2 Å². The van der Waals surface area contributed by atoms with E-state index >= 15 is 0 Å². The molecule has 1 heterocycles. The fraction of sp³-hybridized carbons (Fsp3) is 0.222. The van der Waals surface area contributed by atoms with Crippen LogP contribution in [0.15, 0.2) is 65.8 Å². The van der Waals surface area contributed by atoms with Gasteiger partial charge in [0.1, 0.15) is 0 Å². The normalized spacial score (nSPS) is 16.8. The van der Waals surface area contributed by atoms with E-state index in [9.17, 15) is 0 Å². The molecule has 0 saturated carbocycles. The third-order valence-corrected chi connectivity index (χ3v) is 3.87. The standard InChI is InChI=1S/C18H19N2O2/c1-20-17(15-12-8-5-9-13-15)18(21-2,22-3)16(19-20)14-10-6-4-7-11-14/h4-13H,1-3H3/q+1. The molecule has 3 rings (SSSR count). The monoisotopic (exact) mass is 295 g/mol. The maximum Gasteiger partial charge on any atom is 0.309 e. The van der Waals surface area contributed by atoms with Gasteiger partial charge in [-0.15, -0.1) is 0 Å². The third-order valence-electron chi connectivity index (χ3n) is 3.87. The van der Waals surface area contributed by atoms with Gasteiger partial charge in [0.15, 0.2) is 12.8 Å². The van der Waals surface area contributed by atoms with Crippen molar-refractivity contribution in [3.63, 3.8) is 0 Å². The van der Waals surface area contributed by atoms with Crippen LogP contribution in [-0.4, -0.2) is 43.2 Å². The van der Waals surface area contributed by atoms with Crippen molar-refractivity contribution in [3.05, 3.63) is 71.8 Å². The van der Waals surface area contributed by atoms with Crippen LogP contribution in [0.2, 0.25) is 0 Å². The second-order valence-corrected chi connectivity index (χ2v) is 5.08. The van der Waals surface area contributed by atoms with Crippen molar-refractivity contribution in [3.8, 4) is 0 Å². The first kappa shape index (κ1) is 14.6. The molecule has 0 aliphatic carbocycles. The molecule has 0 bridgehead atoms. The highest BCUT2D eigenvalue weighted by molar-refractivity contribution is 6.25. The Kier molecular flexibility index (Phi) is 3.88. The Morgan fingerprint density at radius 1 is 0.818 bits per heavy atom. The number of hydrogen-bond acceptors (Lipinski definition) is 3. The van der Waals surface area contributed by atoms with Crippen molar-refractivity contribution in [2.75, 3.05) is 21.3 Å². The number of ether oxygens (including phenoxy) is 2. The molecule has 22 heavy (non-hydrogen) atoms. The molecule has 4 heteroatoms. The smallest absolute Gasteiger partial charge is 0.309 e. The first-order valence-electron chi connectivity index (χ1n) is 7.14. The van der Waals surface area contributed by atoms with Crippen LogP contribution >= 0.6 is 0 Å². The summed E-state index contributed by atoms with van der Waals surface area (Å²) in [6.07, 6.45) is 0. The Hall–Kier alpha value is -2.30. The van der Waals surface area contributed by atoms with Gasteiger partial charge in [0.05, 0.1) is 5.56 Å². The SMILES string of the molecule is COC1(OC)C(c2ccccc2)=N[N+](C)=C1c1ccccc1. The number of benzene rings is 2. The molecule has 4 nitrogen and oxygen atoms in total. The lowest BCUT2D eigenvalue weighted by atomic mass is 9.94. The fourth-order valence-electron chi connectivity index (χ4n) is 2.88. The number of hydrogen-bond donors (Lipinski definition) is 0. The molecule has 2 aromatic carbocycles. The molecule has 0 N–H and O–H groups in total. The predicted molar refractivity (Wildman–Crippen MR) is 86.5 cm³/mol. The van der Waals surface area contributed by atoms with Crippen LogP contribution in [-0.2, 0) is 9.47 Å². The van der Waals surface area contributed by atoms with Crippen LogP contribution < -0.4 is 0 Å². The summed E-state index contributed by atoms with van der Waals surface area (Å²) in [5, 5.41) is 4.67. The van der Waals surface area contributed by atoms with Crippen LogP contribution in [0.4, 0.5) is 0 Å². The Morgan fingerprint density at radius 3 is 1.82 bits per heavy atom. The van der Waals surface area contributed by atoms with Gasteiger partial charge in [-0.25, -0.2) is 0 Å². The van der Waals surface area contributed by atoms with E-state index in [-0.39, 0.29) is 0 Å². The second kappa shape index (κ2) is 5.83. The molecule has 1 aliphatic heterocycles. The summed E-state index contributed by atoms with van der Waals surface area (Å²) in [6, 6.07) is 20.0. The van der Waals surface area contributed by atoms with Gasteiger partial charge >= 0.3 is 5.79 Å². The third kappa shape index (κ3) is 2.17. The van der Waals surface area contributed by atoms with Gasteiger partial charge in [-0.05, 0) is 12.1 Å². The zero-order valence-corrected chi connectivity index (χ0v) is 13.0. The molecule has 0 unspecified atom stereocenters. The van der Waals surface area contributed by atoms with Gasteiger partial charge in [0, 0.05) is 24.9 Å². The van der Waals surface area contributed by atoms with E-state index < -0.39 is 5.79 Å². The van der Waals surface area contributed by atoms with Gasteiger partial charge in [-0.3, -0.25) is 0 Å². The van der Waals surface area contributed by atoms with Crippen LogP contribution in [0, 0.1) is 0 Å². The molecule has 112 valence electrons. The zero-order chi connectivity index (χ0) is 15.6. The molecule has 0 aromatic heterocycles. The minimum atomic E-state index is -1.02. The van der Waals surface area contributed by atoms with Gasteiger partial charge in [-0.1, -0.05) is 53.2 Å². The van der Waals surface area contributed by atoms with Gasteiger partial charge in [0.2, 0.25) is 0 Å². The van der Waals surface area contributed by atoms with E-state index in [1.165, 1.54) is 0 Å². The average molecular weight is 295 g/mol. The first-order valence-corrected chi connectivity index (χ1v) is 7.14. The summed E-state index contributed by atoms with van der Waals surface area (Å²) in [7, 11) is 5.19. The maximum atomic E-state index is 5.82. The average Bonchev–Trinajstić information content (AvgIpc) is 2.89. The summed E-state index contributed by atoms with van der Waals surface area (Å²) in [6.45, 7) is 0. The molecule has 0 atom stereocenters. The van der Waals surface area contributed by atoms with E-state index in [2.05, 4.69) is 5.10 Å². The van der Waals surface area contributed by atoms with E-state index in [1.807, 2.05) is 72.4 Å². The highest BCUT2D eigenvalue weighted by Gasteiger charge is 2.54. The number of methoxy groups -OCH3 is 2. The molecule has 0 fully saturated rings. The molecular weight excluding hydrogens is 276 g/mol.